The number of ether oxygens (including phenoxy) is 1. The van der Waals surface area contributed by atoms with Crippen molar-refractivity contribution in [3.05, 3.63) is 59.2 Å². The Bertz CT molecular complexity index is 1190. The van der Waals surface area contributed by atoms with Gasteiger partial charge in [0.25, 0.3) is 0 Å². The van der Waals surface area contributed by atoms with Crippen LogP contribution in [0.25, 0.3) is 0 Å². The van der Waals surface area contributed by atoms with E-state index in [4.69, 9.17) is 17.2 Å². The van der Waals surface area contributed by atoms with Crippen molar-refractivity contribution >= 4 is 23.4 Å². The van der Waals surface area contributed by atoms with Gasteiger partial charge in [0, 0.05) is 44.0 Å². The van der Waals surface area contributed by atoms with Gasteiger partial charge >= 0.3 is 6.18 Å². The summed E-state index contributed by atoms with van der Waals surface area (Å²) >= 11 is 0. The highest BCUT2D eigenvalue weighted by Gasteiger charge is 2.34. The highest BCUT2D eigenvalue weighted by molar-refractivity contribution is 5.99. The van der Waals surface area contributed by atoms with Gasteiger partial charge in [-0.05, 0) is 17.7 Å². The van der Waals surface area contributed by atoms with Gasteiger partial charge in [-0.25, -0.2) is 8.78 Å². The van der Waals surface area contributed by atoms with Crippen LogP contribution in [-0.4, -0.2) is 73.1 Å². The van der Waals surface area contributed by atoms with E-state index in [1.807, 2.05) is 0 Å². The number of methoxy groups -OCH3 is 1. The van der Waals surface area contributed by atoms with Crippen LogP contribution in [0.4, 0.5) is 27.6 Å². The molecule has 0 radical (unpaired) electrons. The first-order valence-corrected chi connectivity index (χ1v) is 12.2. The number of halogens is 5. The number of hydrogen-bond donors (Lipinski definition) is 6. The van der Waals surface area contributed by atoms with Gasteiger partial charge in [0.05, 0.1) is 25.1 Å². The number of aliphatic hydroxyl groups excluding tert-OH is 1. The quantitative estimate of drug-likeness (QED) is 0.183. The molecule has 16 heteroatoms. The molecule has 2 rings (SSSR count). The summed E-state index contributed by atoms with van der Waals surface area (Å²) in [6, 6.07) is 1.01. The molecule has 0 aliphatic carbocycles. The lowest BCUT2D eigenvalue weighted by Gasteiger charge is -2.26. The number of alkyl halides is 3. The Hall–Kier alpha value is -3.86. The fourth-order valence-corrected chi connectivity index (χ4v) is 3.74. The van der Waals surface area contributed by atoms with Gasteiger partial charge < -0.3 is 42.6 Å². The molecular formula is C25H31F5N6O5. The molecule has 0 fully saturated rings. The smallest absolute Gasteiger partial charge is 0.416 e. The standard InChI is InChI=1S/C25H31F5N6O5/c1-41-22-16(26)10-15(11-17(22)27)34-24(40)20(21(38)13-2-4-14(5-3-13)25(28,29)30)35-23(39)18(33)12-19(37)36(8-6-31)9-7-32/h2-5,10-11,18,20-21,38H,6-9,12,31-33H2,1H3,(H,34,40)(H,35,39)/t18-,20-,21+/m0/s1. The summed E-state index contributed by atoms with van der Waals surface area (Å²) < 4.78 is 71.8. The molecule has 0 aliphatic heterocycles. The molecule has 0 aliphatic rings. The van der Waals surface area contributed by atoms with Crippen LogP contribution in [0.2, 0.25) is 0 Å². The number of benzene rings is 2. The Morgan fingerprint density at radius 2 is 1.54 bits per heavy atom. The molecular weight excluding hydrogens is 559 g/mol. The summed E-state index contributed by atoms with van der Waals surface area (Å²) in [6.45, 7) is 0.497. The predicted octanol–water partition coefficient (Wildman–Crippen LogP) is 0.613. The van der Waals surface area contributed by atoms with Crippen molar-refractivity contribution < 1.29 is 46.2 Å². The number of aliphatic hydroxyl groups is 1. The van der Waals surface area contributed by atoms with Crippen LogP contribution in [-0.2, 0) is 20.6 Å². The van der Waals surface area contributed by atoms with Gasteiger partial charge in [0.1, 0.15) is 12.1 Å². The number of carbonyl (C=O) groups is 3. The van der Waals surface area contributed by atoms with Crippen molar-refractivity contribution in [3.8, 4) is 5.75 Å². The summed E-state index contributed by atoms with van der Waals surface area (Å²) in [5, 5.41) is 15.2. The highest BCUT2D eigenvalue weighted by Crippen LogP contribution is 2.31. The minimum absolute atomic E-state index is 0.112. The van der Waals surface area contributed by atoms with Crippen LogP contribution < -0.4 is 32.6 Å². The van der Waals surface area contributed by atoms with Crippen LogP contribution in [0.15, 0.2) is 36.4 Å². The molecule has 0 spiro atoms. The molecule has 3 amide bonds. The second-order valence-electron chi connectivity index (χ2n) is 8.78. The summed E-state index contributed by atoms with van der Waals surface area (Å²) in [4.78, 5) is 39.8. The van der Waals surface area contributed by atoms with Crippen LogP contribution >= 0.6 is 0 Å². The Morgan fingerprint density at radius 1 is 1.00 bits per heavy atom. The van der Waals surface area contributed by atoms with E-state index in [1.165, 1.54) is 4.90 Å². The zero-order valence-electron chi connectivity index (χ0n) is 21.9. The topological polar surface area (TPSA) is 186 Å². The molecule has 226 valence electrons. The van der Waals surface area contributed by atoms with E-state index >= 15 is 0 Å². The van der Waals surface area contributed by atoms with Crippen LogP contribution in [0.3, 0.4) is 0 Å². The van der Waals surface area contributed by atoms with Gasteiger partial charge in [-0.2, -0.15) is 13.2 Å². The normalized spacial score (nSPS) is 13.6. The first-order chi connectivity index (χ1) is 19.2. The maximum Gasteiger partial charge on any atom is 0.416 e. The van der Waals surface area contributed by atoms with E-state index < -0.39 is 77.1 Å². The maximum atomic E-state index is 14.1. The Kier molecular flexibility index (Phi) is 11.9. The van der Waals surface area contributed by atoms with E-state index in [9.17, 15) is 41.4 Å². The zero-order chi connectivity index (χ0) is 30.9. The fourth-order valence-electron chi connectivity index (χ4n) is 3.74. The molecule has 0 heterocycles. The fraction of sp³-hybridized carbons (Fsp3) is 0.400. The van der Waals surface area contributed by atoms with Crippen molar-refractivity contribution in [1.82, 2.24) is 10.2 Å². The van der Waals surface area contributed by atoms with E-state index in [0.717, 1.165) is 19.2 Å². The number of rotatable bonds is 13. The maximum absolute atomic E-state index is 14.1. The van der Waals surface area contributed by atoms with E-state index in [2.05, 4.69) is 15.4 Å². The summed E-state index contributed by atoms with van der Waals surface area (Å²) in [5.41, 5.74) is 15.1. The molecule has 9 N–H and O–H groups in total. The molecule has 2 aromatic rings. The SMILES string of the molecule is COc1c(F)cc(NC(=O)[C@@H](NC(=O)[C@@H](N)CC(=O)N(CCN)CCN)[C@H](O)c2ccc(C(F)(F)F)cc2)cc1F. The molecule has 0 aromatic heterocycles. The van der Waals surface area contributed by atoms with E-state index in [0.29, 0.717) is 24.3 Å². The van der Waals surface area contributed by atoms with Crippen molar-refractivity contribution in [2.75, 3.05) is 38.6 Å². The lowest BCUT2D eigenvalue weighted by Crippen LogP contribution is -2.53. The number of carbonyl (C=O) groups excluding carboxylic acids is 3. The van der Waals surface area contributed by atoms with Gasteiger partial charge in [-0.3, -0.25) is 14.4 Å². The van der Waals surface area contributed by atoms with Crippen LogP contribution in [0, 0.1) is 11.6 Å². The lowest BCUT2D eigenvalue weighted by atomic mass is 9.99. The Balaban J connectivity index is 2.33. The first-order valence-electron chi connectivity index (χ1n) is 12.2. The third kappa shape index (κ3) is 9.07. The van der Waals surface area contributed by atoms with Crippen LogP contribution in [0.1, 0.15) is 23.7 Å². The Labute approximate surface area is 231 Å². The zero-order valence-corrected chi connectivity index (χ0v) is 21.9. The highest BCUT2D eigenvalue weighted by atomic mass is 19.4. The van der Waals surface area contributed by atoms with Gasteiger partial charge in [0.15, 0.2) is 17.4 Å². The molecule has 0 saturated carbocycles. The number of nitrogens with zero attached hydrogens (tertiary/aromatic N) is 1. The van der Waals surface area contributed by atoms with Crippen LogP contribution in [0.5, 0.6) is 5.75 Å². The van der Waals surface area contributed by atoms with Gasteiger partial charge in [-0.15, -0.1) is 0 Å². The van der Waals surface area contributed by atoms with Crippen molar-refractivity contribution in [2.24, 2.45) is 17.2 Å². The van der Waals surface area contributed by atoms with Crippen molar-refractivity contribution in [1.29, 1.82) is 0 Å². The number of hydrogen-bond acceptors (Lipinski definition) is 8. The summed E-state index contributed by atoms with van der Waals surface area (Å²) in [6.07, 6.45) is -7.17. The molecule has 0 unspecified atom stereocenters. The number of nitrogens with one attached hydrogen (secondary N) is 2. The first kappa shape index (κ1) is 33.3. The number of amides is 3. The van der Waals surface area contributed by atoms with E-state index in [1.54, 1.807) is 0 Å². The van der Waals surface area contributed by atoms with E-state index in [-0.39, 0.29) is 31.7 Å². The predicted molar refractivity (Wildman–Crippen MR) is 137 cm³/mol. The van der Waals surface area contributed by atoms with Crippen molar-refractivity contribution in [2.45, 2.75) is 30.8 Å². The van der Waals surface area contributed by atoms with Gasteiger partial charge in [-0.1, -0.05) is 12.1 Å². The van der Waals surface area contributed by atoms with Gasteiger partial charge in [0.2, 0.25) is 17.7 Å². The van der Waals surface area contributed by atoms with Crippen molar-refractivity contribution in [3.63, 3.8) is 0 Å². The number of nitrogens with two attached hydrogens (primary N) is 3. The second-order valence-corrected chi connectivity index (χ2v) is 8.78. The average Bonchev–Trinajstić information content (AvgIpc) is 2.90. The molecule has 11 nitrogen and oxygen atoms in total. The summed E-state index contributed by atoms with van der Waals surface area (Å²) in [5.74, 6) is -5.94. The Morgan fingerprint density at radius 3 is 2.00 bits per heavy atom. The second kappa shape index (κ2) is 14.7. The largest absolute Gasteiger partial charge is 0.491 e. The minimum Gasteiger partial charge on any atom is -0.491 e. The lowest BCUT2D eigenvalue weighted by molar-refractivity contribution is -0.137. The molecule has 41 heavy (non-hydrogen) atoms. The summed E-state index contributed by atoms with van der Waals surface area (Å²) in [7, 11) is 1.02. The molecule has 0 saturated heterocycles. The average molecular weight is 591 g/mol. The third-order valence-electron chi connectivity index (χ3n) is 5.83. The molecule has 2 aromatic carbocycles. The number of anilines is 1. The molecule has 3 atom stereocenters. The third-order valence-corrected chi connectivity index (χ3v) is 5.83. The molecule has 0 bridgehead atoms. The monoisotopic (exact) mass is 590 g/mol. The minimum atomic E-state index is -4.68.